The standard InChI is InChI=1S/C21H21N5O2/c1-14-6-5-9-16(10-14)20(27)23-19-17-12-26(13-18(17)24-25-19)21(28)22-11-15-7-3-2-4-8-15/h2-10H,11-13H2,1H3,(H,22,28)(H2,23,24,25,27). The molecule has 7 nitrogen and oxygen atoms in total. The summed E-state index contributed by atoms with van der Waals surface area (Å²) in [5, 5.41) is 12.9. The smallest absolute Gasteiger partial charge is 0.318 e. The number of hydrogen-bond donors (Lipinski definition) is 3. The van der Waals surface area contributed by atoms with Crippen LogP contribution in [0.4, 0.5) is 10.6 Å². The molecule has 3 N–H and O–H groups in total. The topological polar surface area (TPSA) is 90.1 Å². The van der Waals surface area contributed by atoms with Crippen LogP contribution >= 0.6 is 0 Å². The Hall–Kier alpha value is -3.61. The molecule has 2 aromatic carbocycles. The van der Waals surface area contributed by atoms with Crippen molar-refractivity contribution in [3.05, 3.63) is 82.5 Å². The third-order valence-corrected chi connectivity index (χ3v) is 4.74. The Bertz CT molecular complexity index is 1010. The van der Waals surface area contributed by atoms with Gasteiger partial charge in [-0.2, -0.15) is 5.10 Å². The number of urea groups is 1. The molecule has 0 fully saturated rings. The third kappa shape index (κ3) is 3.73. The molecule has 3 aromatic rings. The van der Waals surface area contributed by atoms with Crippen LogP contribution in [-0.2, 0) is 19.6 Å². The van der Waals surface area contributed by atoms with Crippen LogP contribution in [-0.4, -0.2) is 27.0 Å². The summed E-state index contributed by atoms with van der Waals surface area (Å²) in [6, 6.07) is 17.0. The van der Waals surface area contributed by atoms with Crippen LogP contribution in [0, 0.1) is 6.92 Å². The van der Waals surface area contributed by atoms with E-state index in [1.165, 1.54) is 0 Å². The summed E-state index contributed by atoms with van der Waals surface area (Å²) in [5.41, 5.74) is 4.32. The number of amides is 3. The zero-order chi connectivity index (χ0) is 19.5. The van der Waals surface area contributed by atoms with E-state index in [-0.39, 0.29) is 11.9 Å². The number of carbonyl (C=O) groups excluding carboxylic acids is 2. The summed E-state index contributed by atoms with van der Waals surface area (Å²) in [5.74, 6) is 0.254. The van der Waals surface area contributed by atoms with E-state index in [1.807, 2.05) is 55.5 Å². The van der Waals surface area contributed by atoms with Gasteiger partial charge in [-0.3, -0.25) is 9.89 Å². The third-order valence-electron chi connectivity index (χ3n) is 4.74. The number of rotatable bonds is 4. The molecule has 0 bridgehead atoms. The number of aryl methyl sites for hydroxylation is 1. The van der Waals surface area contributed by atoms with Gasteiger partial charge in [-0.25, -0.2) is 4.79 Å². The number of nitrogens with one attached hydrogen (secondary N) is 3. The molecule has 3 amide bonds. The average molecular weight is 375 g/mol. The first-order valence-corrected chi connectivity index (χ1v) is 9.11. The molecular weight excluding hydrogens is 354 g/mol. The molecule has 7 heteroatoms. The van der Waals surface area contributed by atoms with Gasteiger partial charge in [0, 0.05) is 17.7 Å². The molecule has 0 atom stereocenters. The summed E-state index contributed by atoms with van der Waals surface area (Å²) in [4.78, 5) is 26.6. The number of carbonyl (C=O) groups is 2. The summed E-state index contributed by atoms with van der Waals surface area (Å²) in [6.07, 6.45) is 0. The lowest BCUT2D eigenvalue weighted by Gasteiger charge is -2.17. The highest BCUT2D eigenvalue weighted by atomic mass is 16.2. The van der Waals surface area contributed by atoms with E-state index in [0.29, 0.717) is 31.0 Å². The molecular formula is C21H21N5O2. The maximum Gasteiger partial charge on any atom is 0.318 e. The van der Waals surface area contributed by atoms with Crippen molar-refractivity contribution in [2.45, 2.75) is 26.6 Å². The Morgan fingerprint density at radius 3 is 2.71 bits per heavy atom. The Balaban J connectivity index is 1.38. The zero-order valence-electron chi connectivity index (χ0n) is 15.5. The van der Waals surface area contributed by atoms with E-state index >= 15 is 0 Å². The maximum absolute atomic E-state index is 12.5. The number of fused-ring (bicyclic) bond motifs is 1. The van der Waals surface area contributed by atoms with Crippen molar-refractivity contribution in [2.75, 3.05) is 5.32 Å². The quantitative estimate of drug-likeness (QED) is 0.654. The van der Waals surface area contributed by atoms with Crippen LogP contribution in [0.15, 0.2) is 54.6 Å². The number of anilines is 1. The fourth-order valence-corrected chi connectivity index (χ4v) is 3.24. The summed E-state index contributed by atoms with van der Waals surface area (Å²) in [7, 11) is 0. The van der Waals surface area contributed by atoms with E-state index < -0.39 is 0 Å². The van der Waals surface area contributed by atoms with Crippen LogP contribution in [0.3, 0.4) is 0 Å². The fourth-order valence-electron chi connectivity index (χ4n) is 3.24. The van der Waals surface area contributed by atoms with Gasteiger partial charge in [-0.05, 0) is 24.6 Å². The van der Waals surface area contributed by atoms with Crippen LogP contribution in [0.1, 0.15) is 32.7 Å². The van der Waals surface area contributed by atoms with Crippen molar-refractivity contribution in [3.63, 3.8) is 0 Å². The van der Waals surface area contributed by atoms with Crippen LogP contribution < -0.4 is 10.6 Å². The van der Waals surface area contributed by atoms with Gasteiger partial charge in [0.25, 0.3) is 5.91 Å². The van der Waals surface area contributed by atoms with E-state index in [9.17, 15) is 9.59 Å². The molecule has 0 spiro atoms. The van der Waals surface area contributed by atoms with Gasteiger partial charge in [0.15, 0.2) is 5.82 Å². The number of aromatic amines is 1. The molecule has 2 heterocycles. The first-order chi connectivity index (χ1) is 13.6. The van der Waals surface area contributed by atoms with Gasteiger partial charge in [-0.1, -0.05) is 48.0 Å². The lowest BCUT2D eigenvalue weighted by atomic mass is 10.1. The molecule has 1 aromatic heterocycles. The first-order valence-electron chi connectivity index (χ1n) is 9.11. The van der Waals surface area contributed by atoms with Crippen LogP contribution in [0.5, 0.6) is 0 Å². The van der Waals surface area contributed by atoms with Crippen molar-refractivity contribution < 1.29 is 9.59 Å². The summed E-state index contributed by atoms with van der Waals surface area (Å²) >= 11 is 0. The molecule has 0 saturated heterocycles. The molecule has 142 valence electrons. The lowest BCUT2D eigenvalue weighted by molar-refractivity contribution is 0.102. The number of aromatic nitrogens is 2. The van der Waals surface area contributed by atoms with Crippen molar-refractivity contribution >= 4 is 17.8 Å². The van der Waals surface area contributed by atoms with E-state index in [1.54, 1.807) is 11.0 Å². The molecule has 1 aliphatic rings. The average Bonchev–Trinajstić information content (AvgIpc) is 3.29. The number of nitrogens with zero attached hydrogens (tertiary/aromatic N) is 2. The normalized spacial score (nSPS) is 12.5. The largest absolute Gasteiger partial charge is 0.334 e. The molecule has 28 heavy (non-hydrogen) atoms. The fraction of sp³-hybridized carbons (Fsp3) is 0.190. The van der Waals surface area contributed by atoms with E-state index in [4.69, 9.17) is 0 Å². The van der Waals surface area contributed by atoms with E-state index in [0.717, 1.165) is 22.4 Å². The zero-order valence-corrected chi connectivity index (χ0v) is 15.5. The SMILES string of the molecule is Cc1cccc(C(=O)Nc2n[nH]c3c2CN(C(=O)NCc2ccccc2)C3)c1. The first kappa shape index (κ1) is 17.8. The highest BCUT2D eigenvalue weighted by Gasteiger charge is 2.28. The van der Waals surface area contributed by atoms with Gasteiger partial charge in [-0.15, -0.1) is 0 Å². The second-order valence-corrected chi connectivity index (χ2v) is 6.85. The second-order valence-electron chi connectivity index (χ2n) is 6.85. The summed E-state index contributed by atoms with van der Waals surface area (Å²) < 4.78 is 0. The number of hydrogen-bond acceptors (Lipinski definition) is 3. The molecule has 1 aliphatic heterocycles. The minimum Gasteiger partial charge on any atom is -0.334 e. The Morgan fingerprint density at radius 2 is 1.93 bits per heavy atom. The molecule has 4 rings (SSSR count). The van der Waals surface area contributed by atoms with Gasteiger partial charge in [0.1, 0.15) is 0 Å². The van der Waals surface area contributed by atoms with Crippen LogP contribution in [0.25, 0.3) is 0 Å². The van der Waals surface area contributed by atoms with Crippen molar-refractivity contribution in [3.8, 4) is 0 Å². The lowest BCUT2D eigenvalue weighted by Crippen LogP contribution is -2.36. The van der Waals surface area contributed by atoms with Gasteiger partial charge in [0.05, 0.1) is 18.8 Å². The number of benzene rings is 2. The molecule has 0 radical (unpaired) electrons. The van der Waals surface area contributed by atoms with Gasteiger partial charge < -0.3 is 15.5 Å². The van der Waals surface area contributed by atoms with Crippen molar-refractivity contribution in [2.24, 2.45) is 0 Å². The van der Waals surface area contributed by atoms with Crippen molar-refractivity contribution in [1.82, 2.24) is 20.4 Å². The maximum atomic E-state index is 12.5. The minimum atomic E-state index is -0.218. The number of H-pyrrole nitrogens is 1. The summed E-state index contributed by atoms with van der Waals surface area (Å²) in [6.45, 7) is 3.24. The van der Waals surface area contributed by atoms with Crippen molar-refractivity contribution in [1.29, 1.82) is 0 Å². The predicted octanol–water partition coefficient (Wildman–Crippen LogP) is 3.20. The van der Waals surface area contributed by atoms with Gasteiger partial charge in [0.2, 0.25) is 0 Å². The molecule has 0 saturated carbocycles. The Kier molecular flexibility index (Phi) is 4.80. The monoisotopic (exact) mass is 375 g/mol. The molecule has 0 unspecified atom stereocenters. The minimum absolute atomic E-state index is 0.149. The van der Waals surface area contributed by atoms with E-state index in [2.05, 4.69) is 20.8 Å². The highest BCUT2D eigenvalue weighted by molar-refractivity contribution is 6.04. The van der Waals surface area contributed by atoms with Crippen LogP contribution in [0.2, 0.25) is 0 Å². The van der Waals surface area contributed by atoms with Gasteiger partial charge >= 0.3 is 6.03 Å². The second kappa shape index (κ2) is 7.56. The highest BCUT2D eigenvalue weighted by Crippen LogP contribution is 2.27. The predicted molar refractivity (Wildman–Crippen MR) is 106 cm³/mol. The Morgan fingerprint density at radius 1 is 1.11 bits per heavy atom. The molecule has 0 aliphatic carbocycles. The Labute approximate surface area is 162 Å².